The van der Waals surface area contributed by atoms with Gasteiger partial charge in [-0.15, -0.1) is 0 Å². The topological polar surface area (TPSA) is 4.93 Å². The molecule has 10 aromatic rings. The standard InChI is InChI=1S/C55H39N/c1-55(2)49-31-36(39-25-14-18-34-17-6-7-19-38(34)39)27-29-42(49)43-30-28-37(32-50(43)55)56-51-26-13-12-24-46(51)53-52-44-22-10-8-20-40(44)47(35-15-4-3-5-16-35)33-48(52)41-21-9-11-23-45(41)54(53)56/h3-32,47H,33H2,1-2H3. The quantitative estimate of drug-likeness (QED) is 0.172. The molecule has 0 saturated carbocycles. The molecule has 1 heteroatoms. The van der Waals surface area contributed by atoms with Crippen molar-refractivity contribution in [1.29, 1.82) is 0 Å². The molecule has 264 valence electrons. The van der Waals surface area contributed by atoms with Crippen LogP contribution in [0.15, 0.2) is 182 Å². The number of aromatic nitrogens is 1. The van der Waals surface area contributed by atoms with Crippen LogP contribution in [0.4, 0.5) is 0 Å². The number of benzene rings is 9. The first-order chi connectivity index (χ1) is 27.6. The van der Waals surface area contributed by atoms with E-state index in [0.717, 1.165) is 6.42 Å². The van der Waals surface area contributed by atoms with Gasteiger partial charge in [0.1, 0.15) is 0 Å². The third-order valence-electron chi connectivity index (χ3n) is 13.2. The first-order valence-corrected chi connectivity index (χ1v) is 20.0. The van der Waals surface area contributed by atoms with Gasteiger partial charge in [-0.25, -0.2) is 0 Å². The lowest BCUT2D eigenvalue weighted by molar-refractivity contribution is 0.660. The number of fused-ring (bicyclic) bond motifs is 14. The average Bonchev–Trinajstić information content (AvgIpc) is 3.72. The molecule has 1 nitrogen and oxygen atoms in total. The predicted molar refractivity (Wildman–Crippen MR) is 236 cm³/mol. The summed E-state index contributed by atoms with van der Waals surface area (Å²) >= 11 is 0. The number of rotatable bonds is 3. The van der Waals surface area contributed by atoms with Crippen LogP contribution in [-0.2, 0) is 11.8 Å². The summed E-state index contributed by atoms with van der Waals surface area (Å²) in [5, 5.41) is 7.90. The molecule has 56 heavy (non-hydrogen) atoms. The van der Waals surface area contributed by atoms with Gasteiger partial charge >= 0.3 is 0 Å². The molecular weight excluding hydrogens is 675 g/mol. The Labute approximate surface area is 327 Å². The van der Waals surface area contributed by atoms with Crippen LogP contribution in [0.25, 0.3) is 82.4 Å². The van der Waals surface area contributed by atoms with Crippen LogP contribution in [0, 0.1) is 0 Å². The maximum atomic E-state index is 2.57. The van der Waals surface area contributed by atoms with Crippen molar-refractivity contribution in [3.8, 4) is 39.1 Å². The third kappa shape index (κ3) is 4.31. The van der Waals surface area contributed by atoms with Gasteiger partial charge in [0.05, 0.1) is 11.0 Å². The molecule has 12 rings (SSSR count). The van der Waals surface area contributed by atoms with Gasteiger partial charge < -0.3 is 4.57 Å². The summed E-state index contributed by atoms with van der Waals surface area (Å²) < 4.78 is 2.57. The fourth-order valence-corrected chi connectivity index (χ4v) is 10.6. The first-order valence-electron chi connectivity index (χ1n) is 20.0. The normalized spacial score (nSPS) is 15.2. The fourth-order valence-electron chi connectivity index (χ4n) is 10.6. The van der Waals surface area contributed by atoms with Gasteiger partial charge in [-0.05, 0) is 108 Å². The fraction of sp³-hybridized carbons (Fsp3) is 0.0909. The van der Waals surface area contributed by atoms with E-state index in [1.807, 2.05) is 0 Å². The van der Waals surface area contributed by atoms with Crippen molar-refractivity contribution >= 4 is 43.4 Å². The van der Waals surface area contributed by atoms with Gasteiger partial charge in [0, 0.05) is 33.2 Å². The molecular formula is C55H39N. The Kier molecular flexibility index (Phi) is 6.58. The molecule has 9 aromatic carbocycles. The Hall–Kier alpha value is -6.70. The van der Waals surface area contributed by atoms with Gasteiger partial charge in [-0.1, -0.05) is 172 Å². The zero-order valence-corrected chi connectivity index (χ0v) is 31.6. The van der Waals surface area contributed by atoms with Crippen molar-refractivity contribution in [2.24, 2.45) is 0 Å². The lowest BCUT2D eigenvalue weighted by atomic mass is 9.73. The van der Waals surface area contributed by atoms with Crippen LogP contribution >= 0.6 is 0 Å². The molecule has 0 bridgehead atoms. The minimum atomic E-state index is -0.174. The van der Waals surface area contributed by atoms with Crippen molar-refractivity contribution in [2.45, 2.75) is 31.6 Å². The van der Waals surface area contributed by atoms with E-state index in [1.165, 1.54) is 110 Å². The van der Waals surface area contributed by atoms with Crippen LogP contribution in [0.3, 0.4) is 0 Å². The molecule has 1 atom stereocenters. The van der Waals surface area contributed by atoms with Crippen molar-refractivity contribution in [1.82, 2.24) is 4.57 Å². The summed E-state index contributed by atoms with van der Waals surface area (Å²) in [5.41, 5.74) is 18.6. The summed E-state index contributed by atoms with van der Waals surface area (Å²) in [4.78, 5) is 0. The summed E-state index contributed by atoms with van der Waals surface area (Å²) in [6.45, 7) is 4.82. The molecule has 2 aliphatic rings. The SMILES string of the molecule is CC1(C)c2cc(-c3cccc4ccccc34)ccc2-c2ccc(-n3c4ccccc4c4c5c(c6ccccc6c43)CC(c3ccccc3)c3ccccc3-5)cc21. The lowest BCUT2D eigenvalue weighted by Crippen LogP contribution is -2.15. The Morgan fingerprint density at radius 3 is 2.00 bits per heavy atom. The maximum Gasteiger partial charge on any atom is 0.0625 e. The Morgan fingerprint density at radius 1 is 0.500 bits per heavy atom. The summed E-state index contributed by atoms with van der Waals surface area (Å²) in [7, 11) is 0. The Morgan fingerprint density at radius 2 is 1.14 bits per heavy atom. The zero-order chi connectivity index (χ0) is 37.1. The molecule has 0 fully saturated rings. The Bertz CT molecular complexity index is 3240. The first kappa shape index (κ1) is 31.6. The average molecular weight is 714 g/mol. The van der Waals surface area contributed by atoms with Crippen molar-refractivity contribution in [3.63, 3.8) is 0 Å². The third-order valence-corrected chi connectivity index (χ3v) is 13.2. The molecule has 2 aliphatic carbocycles. The van der Waals surface area contributed by atoms with E-state index in [-0.39, 0.29) is 5.41 Å². The van der Waals surface area contributed by atoms with E-state index >= 15 is 0 Å². The Balaban J connectivity index is 1.09. The summed E-state index contributed by atoms with van der Waals surface area (Å²) in [6.07, 6.45) is 0.971. The van der Waals surface area contributed by atoms with Crippen LogP contribution in [0.1, 0.15) is 47.6 Å². The summed E-state index contributed by atoms with van der Waals surface area (Å²) in [6, 6.07) is 68.3. The molecule has 1 aromatic heterocycles. The van der Waals surface area contributed by atoms with E-state index in [0.29, 0.717) is 5.92 Å². The van der Waals surface area contributed by atoms with Crippen LogP contribution in [0.5, 0.6) is 0 Å². The highest BCUT2D eigenvalue weighted by molar-refractivity contribution is 6.26. The minimum absolute atomic E-state index is 0.174. The molecule has 1 heterocycles. The highest BCUT2D eigenvalue weighted by Gasteiger charge is 2.37. The molecule has 1 unspecified atom stereocenters. The predicted octanol–water partition coefficient (Wildman–Crippen LogP) is 14.4. The van der Waals surface area contributed by atoms with Crippen LogP contribution < -0.4 is 0 Å². The van der Waals surface area contributed by atoms with Crippen molar-refractivity contribution in [2.75, 3.05) is 0 Å². The van der Waals surface area contributed by atoms with Crippen molar-refractivity contribution in [3.05, 3.63) is 210 Å². The second-order valence-corrected chi connectivity index (χ2v) is 16.4. The molecule has 0 spiro atoms. The molecule has 0 radical (unpaired) electrons. The van der Waals surface area contributed by atoms with E-state index in [9.17, 15) is 0 Å². The van der Waals surface area contributed by atoms with Gasteiger partial charge in [0.15, 0.2) is 0 Å². The number of hydrogen-bond donors (Lipinski definition) is 0. The highest BCUT2D eigenvalue weighted by Crippen LogP contribution is 2.54. The van der Waals surface area contributed by atoms with E-state index in [2.05, 4.69) is 200 Å². The monoisotopic (exact) mass is 713 g/mol. The van der Waals surface area contributed by atoms with Gasteiger partial charge in [0.25, 0.3) is 0 Å². The molecule has 0 aliphatic heterocycles. The minimum Gasteiger partial charge on any atom is -0.309 e. The number of nitrogens with zero attached hydrogens (tertiary/aromatic N) is 1. The lowest BCUT2D eigenvalue weighted by Gasteiger charge is -2.30. The second kappa shape index (κ2) is 11.7. The van der Waals surface area contributed by atoms with E-state index < -0.39 is 0 Å². The van der Waals surface area contributed by atoms with Gasteiger partial charge in [-0.3, -0.25) is 0 Å². The van der Waals surface area contributed by atoms with Gasteiger partial charge in [0.2, 0.25) is 0 Å². The second-order valence-electron chi connectivity index (χ2n) is 16.4. The van der Waals surface area contributed by atoms with Crippen molar-refractivity contribution < 1.29 is 0 Å². The number of hydrogen-bond acceptors (Lipinski definition) is 0. The molecule has 0 saturated heterocycles. The maximum absolute atomic E-state index is 2.57. The zero-order valence-electron chi connectivity index (χ0n) is 31.6. The summed E-state index contributed by atoms with van der Waals surface area (Å²) in [5.74, 6) is 0.302. The largest absolute Gasteiger partial charge is 0.309 e. The molecule has 0 N–H and O–H groups in total. The smallest absolute Gasteiger partial charge is 0.0625 e. The van der Waals surface area contributed by atoms with Crippen LogP contribution in [0.2, 0.25) is 0 Å². The molecule has 0 amide bonds. The van der Waals surface area contributed by atoms with E-state index in [4.69, 9.17) is 0 Å². The van der Waals surface area contributed by atoms with Crippen LogP contribution in [-0.4, -0.2) is 4.57 Å². The van der Waals surface area contributed by atoms with Gasteiger partial charge in [-0.2, -0.15) is 0 Å². The van der Waals surface area contributed by atoms with E-state index in [1.54, 1.807) is 0 Å². The number of para-hydroxylation sites is 1. The highest BCUT2D eigenvalue weighted by atomic mass is 15.0.